The summed E-state index contributed by atoms with van der Waals surface area (Å²) in [7, 11) is 0. The maximum Gasteiger partial charge on any atom is 0.174 e. The minimum absolute atomic E-state index is 0.190. The lowest BCUT2D eigenvalue weighted by molar-refractivity contribution is 0.404. The lowest BCUT2D eigenvalue weighted by Crippen LogP contribution is -2.46. The summed E-state index contributed by atoms with van der Waals surface area (Å²) in [5, 5.41) is 4.51. The average molecular weight is 441 g/mol. The number of halogens is 1. The van der Waals surface area contributed by atoms with Gasteiger partial charge in [-0.15, -0.1) is 0 Å². The van der Waals surface area contributed by atoms with Crippen molar-refractivity contribution in [3.63, 3.8) is 0 Å². The van der Waals surface area contributed by atoms with E-state index in [1.54, 1.807) is 0 Å². The van der Waals surface area contributed by atoms with Gasteiger partial charge in [0.15, 0.2) is 5.11 Å². The first-order valence-corrected chi connectivity index (χ1v) is 11.0. The van der Waals surface area contributed by atoms with E-state index in [4.69, 9.17) is 12.2 Å². The highest BCUT2D eigenvalue weighted by atomic mass is 79.9. The second-order valence-corrected chi connectivity index (χ2v) is 8.70. The maximum atomic E-state index is 5.85. The Labute approximate surface area is 175 Å². The summed E-state index contributed by atoms with van der Waals surface area (Å²) in [6.07, 6.45) is 7.42. The monoisotopic (exact) mass is 440 g/mol. The number of allylic oxidation sites excluding steroid dienone is 1. The number of rotatable bonds is 3. The van der Waals surface area contributed by atoms with E-state index < -0.39 is 0 Å². The third kappa shape index (κ3) is 4.27. The van der Waals surface area contributed by atoms with Crippen LogP contribution < -0.4 is 5.32 Å². The fourth-order valence-corrected chi connectivity index (χ4v) is 4.91. The van der Waals surface area contributed by atoms with Crippen LogP contribution in [-0.4, -0.2) is 10.0 Å². The second kappa shape index (κ2) is 8.57. The van der Waals surface area contributed by atoms with E-state index in [0.717, 1.165) is 29.0 Å². The Bertz CT molecular complexity index is 846. The Morgan fingerprint density at radius 1 is 0.963 bits per heavy atom. The van der Waals surface area contributed by atoms with Crippen LogP contribution in [0.3, 0.4) is 0 Å². The van der Waals surface area contributed by atoms with Gasteiger partial charge < -0.3 is 10.2 Å². The van der Waals surface area contributed by atoms with Crippen molar-refractivity contribution in [3.05, 3.63) is 81.5 Å². The highest BCUT2D eigenvalue weighted by Crippen LogP contribution is 2.38. The van der Waals surface area contributed by atoms with Crippen LogP contribution in [-0.2, 0) is 6.54 Å². The lowest BCUT2D eigenvalue weighted by Gasteiger charge is -2.41. The van der Waals surface area contributed by atoms with Crippen LogP contribution >= 0.6 is 28.1 Å². The van der Waals surface area contributed by atoms with Gasteiger partial charge in [0.1, 0.15) is 0 Å². The standard InChI is InChI=1S/C23H25BrN2S/c24-19-12-8-11-18(15-19)22-20-13-6-1-2-7-14-21(20)26(23(27)25-22)16-17-9-4-3-5-10-17/h3-5,8-12,15,22H,1-2,6-7,13-14,16H2,(H,25,27)/t22-/m0/s1. The molecule has 1 atom stereocenters. The van der Waals surface area contributed by atoms with Gasteiger partial charge in [-0.25, -0.2) is 0 Å². The molecule has 0 fully saturated rings. The van der Waals surface area contributed by atoms with Crippen molar-refractivity contribution in [3.8, 4) is 0 Å². The third-order valence-electron chi connectivity index (χ3n) is 5.53. The molecule has 0 radical (unpaired) electrons. The number of thiocarbonyl (C=S) groups is 1. The van der Waals surface area contributed by atoms with Crippen LogP contribution in [0, 0.1) is 0 Å². The molecule has 4 rings (SSSR count). The quantitative estimate of drug-likeness (QED) is 0.548. The van der Waals surface area contributed by atoms with Gasteiger partial charge in [0.25, 0.3) is 0 Å². The predicted molar refractivity (Wildman–Crippen MR) is 119 cm³/mol. The Morgan fingerprint density at radius 2 is 1.74 bits per heavy atom. The van der Waals surface area contributed by atoms with Crippen LogP contribution in [0.15, 0.2) is 70.3 Å². The zero-order chi connectivity index (χ0) is 18.6. The minimum atomic E-state index is 0.190. The zero-order valence-corrected chi connectivity index (χ0v) is 17.9. The molecule has 0 aromatic heterocycles. The molecule has 0 saturated carbocycles. The van der Waals surface area contributed by atoms with Gasteiger partial charge >= 0.3 is 0 Å². The van der Waals surface area contributed by atoms with E-state index in [0.29, 0.717) is 0 Å². The zero-order valence-electron chi connectivity index (χ0n) is 15.5. The molecular weight excluding hydrogens is 416 g/mol. The summed E-state index contributed by atoms with van der Waals surface area (Å²) in [4.78, 5) is 2.35. The Balaban J connectivity index is 1.74. The molecule has 0 amide bonds. The van der Waals surface area contributed by atoms with Crippen molar-refractivity contribution in [2.24, 2.45) is 0 Å². The van der Waals surface area contributed by atoms with E-state index in [1.165, 1.54) is 48.1 Å². The Hall–Kier alpha value is -1.65. The van der Waals surface area contributed by atoms with Gasteiger partial charge in [-0.2, -0.15) is 0 Å². The van der Waals surface area contributed by atoms with Crippen molar-refractivity contribution >= 4 is 33.3 Å². The smallest absolute Gasteiger partial charge is 0.174 e. The Morgan fingerprint density at radius 3 is 2.52 bits per heavy atom. The fourth-order valence-electron chi connectivity index (χ4n) is 4.20. The van der Waals surface area contributed by atoms with Crippen molar-refractivity contribution in [1.29, 1.82) is 0 Å². The van der Waals surface area contributed by atoms with Crippen LogP contribution in [0.2, 0.25) is 0 Å². The topological polar surface area (TPSA) is 15.3 Å². The molecule has 0 bridgehead atoms. The van der Waals surface area contributed by atoms with Crippen molar-refractivity contribution in [2.45, 2.75) is 51.1 Å². The molecule has 2 nitrogen and oxygen atoms in total. The number of nitrogens with one attached hydrogen (secondary N) is 1. The van der Waals surface area contributed by atoms with Crippen LogP contribution in [0.4, 0.5) is 0 Å². The molecule has 0 spiro atoms. The van der Waals surface area contributed by atoms with E-state index in [-0.39, 0.29) is 6.04 Å². The van der Waals surface area contributed by atoms with Crippen LogP contribution in [0.25, 0.3) is 0 Å². The molecule has 27 heavy (non-hydrogen) atoms. The largest absolute Gasteiger partial charge is 0.352 e. The first kappa shape index (κ1) is 18.7. The van der Waals surface area contributed by atoms with Gasteiger partial charge in [-0.05, 0) is 66.7 Å². The summed E-state index contributed by atoms with van der Waals surface area (Å²) in [6.45, 7) is 0.844. The number of nitrogens with zero attached hydrogens (tertiary/aromatic N) is 1. The predicted octanol–water partition coefficient (Wildman–Crippen LogP) is 6.49. The number of hydrogen-bond acceptors (Lipinski definition) is 1. The molecule has 2 aromatic carbocycles. The van der Waals surface area contributed by atoms with Crippen molar-refractivity contribution in [1.82, 2.24) is 10.2 Å². The van der Waals surface area contributed by atoms with Gasteiger partial charge in [0.05, 0.1) is 6.04 Å². The van der Waals surface area contributed by atoms with Crippen LogP contribution in [0.1, 0.15) is 55.7 Å². The molecule has 1 aliphatic carbocycles. The summed E-state index contributed by atoms with van der Waals surface area (Å²) in [6, 6.07) is 19.5. The fraction of sp³-hybridized carbons (Fsp3) is 0.348. The van der Waals surface area contributed by atoms with E-state index in [1.807, 2.05) is 0 Å². The molecule has 2 aromatic rings. The molecule has 0 unspecified atom stereocenters. The van der Waals surface area contributed by atoms with Crippen LogP contribution in [0.5, 0.6) is 0 Å². The average Bonchev–Trinajstić information content (AvgIpc) is 2.65. The number of benzene rings is 2. The van der Waals surface area contributed by atoms with E-state index >= 15 is 0 Å². The van der Waals surface area contributed by atoms with Gasteiger partial charge in [-0.3, -0.25) is 0 Å². The molecule has 4 heteroatoms. The molecular formula is C23H25BrN2S. The SMILES string of the molecule is S=C1N[C@@H](c2cccc(Br)c2)C2=C(CCCCCC2)N1Cc1ccccc1. The summed E-state index contributed by atoms with van der Waals surface area (Å²) < 4.78 is 1.12. The summed E-state index contributed by atoms with van der Waals surface area (Å²) in [5.41, 5.74) is 5.57. The van der Waals surface area contributed by atoms with Gasteiger partial charge in [-0.1, -0.05) is 71.2 Å². The molecule has 1 N–H and O–H groups in total. The molecule has 1 heterocycles. The first-order valence-electron chi connectivity index (χ1n) is 9.82. The maximum absolute atomic E-state index is 5.85. The molecule has 2 aliphatic rings. The Kier molecular flexibility index (Phi) is 5.94. The summed E-state index contributed by atoms with van der Waals surface area (Å²) in [5.74, 6) is 0. The second-order valence-electron chi connectivity index (χ2n) is 7.40. The third-order valence-corrected chi connectivity index (χ3v) is 6.36. The minimum Gasteiger partial charge on any atom is -0.352 e. The highest BCUT2D eigenvalue weighted by Gasteiger charge is 2.31. The highest BCUT2D eigenvalue weighted by molar-refractivity contribution is 9.10. The molecule has 0 saturated heterocycles. The molecule has 1 aliphatic heterocycles. The van der Waals surface area contributed by atoms with Gasteiger partial charge in [0.2, 0.25) is 0 Å². The molecule has 140 valence electrons. The lowest BCUT2D eigenvalue weighted by atomic mass is 9.87. The normalized spacial score (nSPS) is 20.6. The van der Waals surface area contributed by atoms with Gasteiger partial charge in [0, 0.05) is 16.7 Å². The van der Waals surface area contributed by atoms with Crippen molar-refractivity contribution < 1.29 is 0 Å². The van der Waals surface area contributed by atoms with E-state index in [9.17, 15) is 0 Å². The van der Waals surface area contributed by atoms with E-state index in [2.05, 4.69) is 80.7 Å². The number of hydrogen-bond donors (Lipinski definition) is 1. The van der Waals surface area contributed by atoms with Crippen molar-refractivity contribution in [2.75, 3.05) is 0 Å². The summed E-state index contributed by atoms with van der Waals surface area (Å²) >= 11 is 9.48. The first-order chi connectivity index (χ1) is 13.2.